The number of ether oxygens (including phenoxy) is 1. The lowest BCUT2D eigenvalue weighted by atomic mass is 10.3. The number of rotatable bonds is 1. The van der Waals surface area contributed by atoms with E-state index >= 15 is 0 Å². The van der Waals surface area contributed by atoms with Gasteiger partial charge in [0.2, 0.25) is 5.88 Å². The molecule has 0 unspecified atom stereocenters. The molecule has 86 valence electrons. The molecule has 0 aromatic carbocycles. The molecule has 15 heavy (non-hydrogen) atoms. The van der Waals surface area contributed by atoms with Gasteiger partial charge in [-0.2, -0.15) is 0 Å². The predicted octanol–water partition coefficient (Wildman–Crippen LogP) is 3.97. The largest absolute Gasteiger partial charge is 0.574 e. The maximum Gasteiger partial charge on any atom is 0.574 e. The molecule has 0 atom stereocenters. The fourth-order valence-electron chi connectivity index (χ4n) is 0.663. The molecule has 1 aromatic rings. The van der Waals surface area contributed by atoms with Crippen molar-refractivity contribution < 1.29 is 17.9 Å². The summed E-state index contributed by atoms with van der Waals surface area (Å²) in [7, 11) is 0. The van der Waals surface area contributed by atoms with Gasteiger partial charge >= 0.3 is 6.36 Å². The van der Waals surface area contributed by atoms with Gasteiger partial charge in [0, 0.05) is 6.07 Å². The van der Waals surface area contributed by atoms with E-state index in [1.54, 1.807) is 6.92 Å². The third-order valence-electron chi connectivity index (χ3n) is 1.23. The molecule has 0 N–H and O–H groups in total. The minimum absolute atomic E-state index is 0.00162. The molecular weight excluding hydrogens is 231 g/mol. The van der Waals surface area contributed by atoms with E-state index in [0.717, 1.165) is 6.07 Å². The van der Waals surface area contributed by atoms with Gasteiger partial charge in [0.1, 0.15) is 5.15 Å². The Hall–Kier alpha value is -0.970. The molecule has 1 heterocycles. The van der Waals surface area contributed by atoms with Crippen molar-refractivity contribution in [3.8, 4) is 5.88 Å². The van der Waals surface area contributed by atoms with Crippen LogP contribution in [0.15, 0.2) is 12.1 Å². The Kier molecular flexibility index (Phi) is 5.43. The van der Waals surface area contributed by atoms with Gasteiger partial charge in [-0.1, -0.05) is 31.5 Å². The van der Waals surface area contributed by atoms with Crippen LogP contribution in [0.1, 0.15) is 19.4 Å². The zero-order chi connectivity index (χ0) is 12.1. The lowest BCUT2D eigenvalue weighted by Crippen LogP contribution is -2.17. The van der Waals surface area contributed by atoms with Crippen LogP contribution in [0, 0.1) is 6.92 Å². The molecule has 0 saturated heterocycles. The molecule has 0 aliphatic heterocycles. The first-order valence-corrected chi connectivity index (χ1v) is 4.65. The van der Waals surface area contributed by atoms with Crippen LogP contribution in [-0.2, 0) is 0 Å². The van der Waals surface area contributed by atoms with E-state index < -0.39 is 12.2 Å². The average molecular weight is 242 g/mol. The Labute approximate surface area is 91.0 Å². The number of halogens is 4. The Morgan fingerprint density at radius 1 is 1.27 bits per heavy atom. The van der Waals surface area contributed by atoms with Crippen LogP contribution in [0.2, 0.25) is 5.15 Å². The maximum absolute atomic E-state index is 11.7. The zero-order valence-corrected chi connectivity index (χ0v) is 9.28. The second kappa shape index (κ2) is 5.80. The SMILES string of the molecule is CC.Cc1ccc(OC(F)(F)F)nc1Cl. The first-order chi connectivity index (χ1) is 6.88. The van der Waals surface area contributed by atoms with Gasteiger partial charge in [-0.25, -0.2) is 4.98 Å². The lowest BCUT2D eigenvalue weighted by Gasteiger charge is -2.07. The van der Waals surface area contributed by atoms with Crippen LogP contribution >= 0.6 is 11.6 Å². The topological polar surface area (TPSA) is 22.1 Å². The Morgan fingerprint density at radius 2 is 1.80 bits per heavy atom. The summed E-state index contributed by atoms with van der Waals surface area (Å²) in [6, 6.07) is 2.51. The summed E-state index contributed by atoms with van der Waals surface area (Å²) in [4.78, 5) is 3.38. The molecule has 0 radical (unpaired) electrons. The molecule has 0 saturated carbocycles. The third kappa shape index (κ3) is 5.47. The van der Waals surface area contributed by atoms with Crippen molar-refractivity contribution in [2.75, 3.05) is 0 Å². The van der Waals surface area contributed by atoms with Gasteiger partial charge in [0.25, 0.3) is 0 Å². The summed E-state index contributed by atoms with van der Waals surface area (Å²) < 4.78 is 38.5. The number of aryl methyl sites for hydroxylation is 1. The van der Waals surface area contributed by atoms with Gasteiger partial charge in [-0.05, 0) is 12.5 Å². The minimum atomic E-state index is -4.73. The molecule has 1 rings (SSSR count). The number of pyridine rings is 1. The van der Waals surface area contributed by atoms with Crippen molar-refractivity contribution in [2.24, 2.45) is 0 Å². The first kappa shape index (κ1) is 14.0. The molecule has 6 heteroatoms. The summed E-state index contributed by atoms with van der Waals surface area (Å²) in [6.07, 6.45) is -4.73. The Bertz CT molecular complexity index is 315. The normalized spacial score (nSPS) is 10.3. The summed E-state index contributed by atoms with van der Waals surface area (Å²) >= 11 is 5.48. The molecule has 2 nitrogen and oxygen atoms in total. The smallest absolute Gasteiger partial charge is 0.388 e. The van der Waals surface area contributed by atoms with Gasteiger partial charge in [-0.3, -0.25) is 0 Å². The molecule has 0 spiro atoms. The van der Waals surface area contributed by atoms with Gasteiger partial charge in [-0.15, -0.1) is 13.2 Å². The minimum Gasteiger partial charge on any atom is -0.388 e. The quantitative estimate of drug-likeness (QED) is 0.694. The number of alkyl halides is 3. The van der Waals surface area contributed by atoms with Crippen LogP contribution in [0.25, 0.3) is 0 Å². The van der Waals surface area contributed by atoms with E-state index in [-0.39, 0.29) is 5.15 Å². The molecular formula is C9H11ClF3NO. The molecule has 0 aliphatic carbocycles. The fourth-order valence-corrected chi connectivity index (χ4v) is 0.809. The highest BCUT2D eigenvalue weighted by molar-refractivity contribution is 6.30. The van der Waals surface area contributed by atoms with Crippen molar-refractivity contribution in [1.82, 2.24) is 4.98 Å². The zero-order valence-electron chi connectivity index (χ0n) is 8.52. The summed E-state index contributed by atoms with van der Waals surface area (Å²) in [6.45, 7) is 5.63. The Morgan fingerprint density at radius 3 is 2.20 bits per heavy atom. The van der Waals surface area contributed by atoms with Crippen LogP contribution in [0.4, 0.5) is 13.2 Å². The van der Waals surface area contributed by atoms with E-state index in [2.05, 4.69) is 9.72 Å². The molecule has 1 aromatic heterocycles. The second-order valence-corrected chi connectivity index (χ2v) is 2.66. The van der Waals surface area contributed by atoms with Crippen LogP contribution < -0.4 is 4.74 Å². The van der Waals surface area contributed by atoms with Gasteiger partial charge in [0.05, 0.1) is 0 Å². The van der Waals surface area contributed by atoms with Crippen molar-refractivity contribution in [2.45, 2.75) is 27.1 Å². The highest BCUT2D eigenvalue weighted by atomic mass is 35.5. The maximum atomic E-state index is 11.7. The molecule has 0 fully saturated rings. The summed E-state index contributed by atoms with van der Waals surface area (Å²) in [5, 5.41) is 0.00162. The van der Waals surface area contributed by atoms with Crippen molar-refractivity contribution in [1.29, 1.82) is 0 Å². The van der Waals surface area contributed by atoms with Crippen LogP contribution in [-0.4, -0.2) is 11.3 Å². The number of nitrogens with zero attached hydrogens (tertiary/aromatic N) is 1. The standard InChI is InChI=1S/C7H5ClF3NO.C2H6/c1-4-2-3-5(12-6(4)8)13-7(9,10)11;1-2/h2-3H,1H3;1-2H3. The Balaban J connectivity index is 0.000000921. The average Bonchev–Trinajstić information content (AvgIpc) is 2.12. The first-order valence-electron chi connectivity index (χ1n) is 4.27. The monoisotopic (exact) mass is 241 g/mol. The van der Waals surface area contributed by atoms with E-state index in [9.17, 15) is 13.2 Å². The van der Waals surface area contributed by atoms with Gasteiger partial charge in [0.15, 0.2) is 0 Å². The number of hydrogen-bond acceptors (Lipinski definition) is 2. The van der Waals surface area contributed by atoms with E-state index in [0.29, 0.717) is 5.56 Å². The predicted molar refractivity (Wildman–Crippen MR) is 52.0 cm³/mol. The highest BCUT2D eigenvalue weighted by Gasteiger charge is 2.31. The second-order valence-electron chi connectivity index (χ2n) is 2.30. The number of aromatic nitrogens is 1. The van der Waals surface area contributed by atoms with Crippen molar-refractivity contribution in [3.05, 3.63) is 22.8 Å². The van der Waals surface area contributed by atoms with E-state index in [1.807, 2.05) is 13.8 Å². The van der Waals surface area contributed by atoms with E-state index in [4.69, 9.17) is 11.6 Å². The fraction of sp³-hybridized carbons (Fsp3) is 0.444. The molecule has 0 amide bonds. The van der Waals surface area contributed by atoms with Crippen LogP contribution in [0.5, 0.6) is 5.88 Å². The highest BCUT2D eigenvalue weighted by Crippen LogP contribution is 2.23. The van der Waals surface area contributed by atoms with Gasteiger partial charge < -0.3 is 4.74 Å². The van der Waals surface area contributed by atoms with Crippen LogP contribution in [0.3, 0.4) is 0 Å². The van der Waals surface area contributed by atoms with Crippen molar-refractivity contribution >= 4 is 11.6 Å². The van der Waals surface area contributed by atoms with E-state index in [1.165, 1.54) is 6.07 Å². The third-order valence-corrected chi connectivity index (χ3v) is 1.61. The molecule has 0 aliphatic rings. The summed E-state index contributed by atoms with van der Waals surface area (Å²) in [5.74, 6) is -0.553. The molecule has 0 bridgehead atoms. The lowest BCUT2D eigenvalue weighted by molar-refractivity contribution is -0.276. The number of hydrogen-bond donors (Lipinski definition) is 0. The summed E-state index contributed by atoms with van der Waals surface area (Å²) in [5.41, 5.74) is 0.594. The van der Waals surface area contributed by atoms with Crippen molar-refractivity contribution in [3.63, 3.8) is 0 Å².